The Balaban J connectivity index is 0.000000107. The van der Waals surface area contributed by atoms with Crippen molar-refractivity contribution in [3.05, 3.63) is 461 Å². The molecule has 0 unspecified atom stereocenters. The van der Waals surface area contributed by atoms with Crippen LogP contribution in [0.1, 0.15) is 0 Å². The molecule has 0 spiro atoms. The molecule has 138 heavy (non-hydrogen) atoms. The van der Waals surface area contributed by atoms with Gasteiger partial charge in [0.25, 0.3) is 0 Å². The van der Waals surface area contributed by atoms with Crippen LogP contribution in [0.5, 0.6) is 0 Å². The molecule has 0 N–H and O–H groups in total. The molecule has 28 aromatic rings. The monoisotopic (exact) mass is 1770 g/mol. The molecule has 15 heteroatoms. The van der Waals surface area contributed by atoms with Crippen LogP contribution in [-0.4, -0.2) is 58.6 Å². The summed E-state index contributed by atoms with van der Waals surface area (Å²) in [6, 6.07) is 158. The van der Waals surface area contributed by atoms with E-state index in [9.17, 15) is 0 Å². The molecule has 0 saturated carbocycles. The van der Waals surface area contributed by atoms with Crippen molar-refractivity contribution in [3.63, 3.8) is 0 Å². The van der Waals surface area contributed by atoms with E-state index in [1.54, 1.807) is 0 Å². The van der Waals surface area contributed by atoms with Gasteiger partial charge in [0.1, 0.15) is 33.5 Å². The van der Waals surface area contributed by atoms with Crippen LogP contribution in [0.3, 0.4) is 0 Å². The van der Waals surface area contributed by atoms with Gasteiger partial charge in [-0.1, -0.05) is 309 Å². The van der Waals surface area contributed by atoms with E-state index in [1.165, 1.54) is 16.2 Å². The number of hydrogen-bond acceptors (Lipinski definition) is 12. The Hall–Kier alpha value is -19.0. The number of hydrogen-bond donors (Lipinski definition) is 0. The SMILES string of the molecule is c1ccc(-c2ccc(-c3nc(-c4ccc5c(c4)oc4ccccc45)nc(-c4ccc5c6ccccc6n(-c6ccccc6)c5c4)n3)cc2)cc1.c1ccc(-c2nc(-c3ccc4oc5ccccc5c4c3)nc(-c3ccc4c(c3)c3ccccc3n4-c3ccccc3)n2)cc1.c1ccc(-c2nc(-c3ccc4oc5ccccc5c4c3)nc(-c3cccc4c3c3ccccc3n4-c3ccccc3)n2)cc1. The zero-order valence-electron chi connectivity index (χ0n) is 74.0. The fourth-order valence-corrected chi connectivity index (χ4v) is 19.5. The van der Waals surface area contributed by atoms with E-state index in [1.807, 2.05) is 170 Å². The highest BCUT2D eigenvalue weighted by Gasteiger charge is 2.25. The van der Waals surface area contributed by atoms with Crippen LogP contribution in [-0.2, 0) is 0 Å². The highest BCUT2D eigenvalue weighted by Crippen LogP contribution is 2.44. The molecule has 15 nitrogen and oxygen atoms in total. The molecule has 0 fully saturated rings. The molecule has 19 aromatic carbocycles. The van der Waals surface area contributed by atoms with Gasteiger partial charge in [-0.3, -0.25) is 0 Å². The lowest BCUT2D eigenvalue weighted by atomic mass is 10.0. The normalized spacial score (nSPS) is 11.6. The third-order valence-electron chi connectivity index (χ3n) is 26.0. The summed E-state index contributed by atoms with van der Waals surface area (Å²) in [4.78, 5) is 45.6. The summed E-state index contributed by atoms with van der Waals surface area (Å²) < 4.78 is 25.4. The number of benzene rings is 19. The lowest BCUT2D eigenvalue weighted by Crippen LogP contribution is -2.00. The topological polar surface area (TPSA) is 170 Å². The molecule has 646 valence electrons. The molecule has 0 aliphatic carbocycles. The maximum Gasteiger partial charge on any atom is 0.164 e. The molecule has 9 aromatic heterocycles. The Morgan fingerprint density at radius 1 is 0.138 bits per heavy atom. The highest BCUT2D eigenvalue weighted by molar-refractivity contribution is 6.17. The second kappa shape index (κ2) is 33.7. The standard InChI is InChI=1S/C45H28N4O.2C39H24N4O/c1-3-11-29(12-4-1)30-19-21-31(22-20-30)43-46-44(48-45(47-43)33-24-26-38-37-16-8-10-18-41(37)50-42(38)28-33)32-23-25-36-35-15-7-9-17-39(35)49(40(36)27-32)34-13-5-2-6-14-34;1-3-12-25(13-4-1)37-40-38(26-22-23-35-31(24-26)28-16-8-10-21-34(28)44-35)42-39(41-37)30-18-11-20-33-36(30)29-17-7-9-19-32(29)43(33)27-14-5-2-6-15-27;1-3-11-25(12-4-1)37-40-38(42-39(41-37)27-20-22-36-32(24-27)30-16-8-10-18-35(30)44-36)26-19-21-34-31(23-26)29-15-7-9-17-33(29)43(34)28-13-5-2-6-14-28/h1-28H;2*1-24H. The first-order chi connectivity index (χ1) is 68.4. The first-order valence-corrected chi connectivity index (χ1v) is 45.9. The molecule has 9 heterocycles. The summed E-state index contributed by atoms with van der Waals surface area (Å²) in [6.07, 6.45) is 0. The largest absolute Gasteiger partial charge is 0.456 e. The molecule has 28 rings (SSSR count). The van der Waals surface area contributed by atoms with Crippen LogP contribution in [0.15, 0.2) is 474 Å². The Kier molecular flexibility index (Phi) is 19.5. The third kappa shape index (κ3) is 14.3. The Morgan fingerprint density at radius 3 is 0.891 bits per heavy atom. The van der Waals surface area contributed by atoms with Gasteiger partial charge < -0.3 is 27.0 Å². The van der Waals surface area contributed by atoms with Gasteiger partial charge in [-0.05, 0) is 163 Å². The minimum Gasteiger partial charge on any atom is -0.456 e. The van der Waals surface area contributed by atoms with Crippen LogP contribution in [0, 0.1) is 0 Å². The lowest BCUT2D eigenvalue weighted by Gasteiger charge is -2.11. The average molecular weight is 1770 g/mol. The van der Waals surface area contributed by atoms with E-state index in [-0.39, 0.29) is 0 Å². The minimum atomic E-state index is 0.586. The highest BCUT2D eigenvalue weighted by atomic mass is 16.3. The zero-order valence-corrected chi connectivity index (χ0v) is 74.0. The molecule has 0 aliphatic rings. The summed E-state index contributed by atoms with van der Waals surface area (Å²) in [5, 5.41) is 13.3. The summed E-state index contributed by atoms with van der Waals surface area (Å²) in [6.45, 7) is 0. The Morgan fingerprint density at radius 2 is 0.406 bits per heavy atom. The van der Waals surface area contributed by atoms with Crippen molar-refractivity contribution < 1.29 is 13.3 Å². The molecule has 0 radical (unpaired) electrons. The number of fused-ring (bicyclic) bond motifs is 18. The quantitative estimate of drug-likeness (QED) is 0.107. The molecule has 0 amide bonds. The van der Waals surface area contributed by atoms with Crippen LogP contribution in [0.25, 0.3) is 262 Å². The van der Waals surface area contributed by atoms with Gasteiger partial charge in [0, 0.05) is 132 Å². The molecule has 0 bridgehead atoms. The van der Waals surface area contributed by atoms with Gasteiger partial charge in [0.15, 0.2) is 52.4 Å². The van der Waals surface area contributed by atoms with Crippen molar-refractivity contribution in [1.29, 1.82) is 0 Å². The molecular weight excluding hydrogens is 1690 g/mol. The van der Waals surface area contributed by atoms with Crippen LogP contribution in [0.4, 0.5) is 0 Å². The molecule has 0 atom stereocenters. The maximum absolute atomic E-state index is 6.26. The molecular formula is C123H76N12O3. The van der Waals surface area contributed by atoms with Crippen molar-refractivity contribution in [1.82, 2.24) is 58.6 Å². The smallest absolute Gasteiger partial charge is 0.164 e. The van der Waals surface area contributed by atoms with E-state index in [0.717, 1.165) is 193 Å². The number of nitrogens with zero attached hydrogens (tertiary/aromatic N) is 12. The van der Waals surface area contributed by atoms with Crippen molar-refractivity contribution in [2.24, 2.45) is 0 Å². The summed E-state index contributed by atoms with van der Waals surface area (Å²) in [5.41, 5.74) is 25.8. The van der Waals surface area contributed by atoms with Crippen molar-refractivity contribution in [3.8, 4) is 131 Å². The van der Waals surface area contributed by atoms with Crippen molar-refractivity contribution in [2.75, 3.05) is 0 Å². The predicted octanol–water partition coefficient (Wildman–Crippen LogP) is 31.3. The Bertz CT molecular complexity index is 9590. The molecule has 0 aliphatic heterocycles. The fourth-order valence-electron chi connectivity index (χ4n) is 19.5. The third-order valence-corrected chi connectivity index (χ3v) is 26.0. The first-order valence-electron chi connectivity index (χ1n) is 45.9. The van der Waals surface area contributed by atoms with Gasteiger partial charge in [-0.2, -0.15) is 0 Å². The van der Waals surface area contributed by atoms with Crippen LogP contribution >= 0.6 is 0 Å². The summed E-state index contributed by atoms with van der Waals surface area (Å²) in [5.74, 6) is 5.56. The molecule has 0 saturated heterocycles. The Labute approximate surface area is 789 Å². The zero-order chi connectivity index (χ0) is 91.1. The predicted molar refractivity (Wildman–Crippen MR) is 559 cm³/mol. The average Bonchev–Trinajstić information content (AvgIpc) is 1.58. The van der Waals surface area contributed by atoms with Gasteiger partial charge in [0.05, 0.1) is 33.1 Å². The van der Waals surface area contributed by atoms with E-state index in [4.69, 9.17) is 58.1 Å². The van der Waals surface area contributed by atoms with Gasteiger partial charge >= 0.3 is 0 Å². The summed E-state index contributed by atoms with van der Waals surface area (Å²) in [7, 11) is 0. The van der Waals surface area contributed by atoms with Crippen molar-refractivity contribution >= 4 is 131 Å². The number of rotatable bonds is 13. The van der Waals surface area contributed by atoms with Crippen LogP contribution in [0.2, 0.25) is 0 Å². The van der Waals surface area contributed by atoms with E-state index in [0.29, 0.717) is 52.4 Å². The van der Waals surface area contributed by atoms with Gasteiger partial charge in [0.2, 0.25) is 0 Å². The summed E-state index contributed by atoms with van der Waals surface area (Å²) >= 11 is 0. The second-order valence-corrected chi connectivity index (χ2v) is 34.2. The van der Waals surface area contributed by atoms with E-state index >= 15 is 0 Å². The van der Waals surface area contributed by atoms with Gasteiger partial charge in [-0.25, -0.2) is 44.9 Å². The number of para-hydroxylation sites is 9. The van der Waals surface area contributed by atoms with Crippen LogP contribution < -0.4 is 0 Å². The van der Waals surface area contributed by atoms with E-state index < -0.39 is 0 Å². The van der Waals surface area contributed by atoms with E-state index in [2.05, 4.69) is 305 Å². The first kappa shape index (κ1) is 79.9. The number of furan rings is 3. The lowest BCUT2D eigenvalue weighted by molar-refractivity contribution is 0.668. The minimum absolute atomic E-state index is 0.586. The maximum atomic E-state index is 6.26. The number of aromatic nitrogens is 12. The van der Waals surface area contributed by atoms with Gasteiger partial charge in [-0.15, -0.1) is 0 Å². The fraction of sp³-hybridized carbons (Fsp3) is 0. The van der Waals surface area contributed by atoms with Crippen molar-refractivity contribution in [2.45, 2.75) is 0 Å². The second-order valence-electron chi connectivity index (χ2n) is 34.2.